The largest absolute Gasteiger partial charge is 0.497 e. The molecule has 0 aliphatic rings. The van der Waals surface area contributed by atoms with Crippen LogP contribution < -0.4 is 20.3 Å². The van der Waals surface area contributed by atoms with Crippen LogP contribution in [0.2, 0.25) is 0 Å². The number of aromatic nitrogens is 5. The summed E-state index contributed by atoms with van der Waals surface area (Å²) in [5.41, 5.74) is 0.531. The molecule has 0 bridgehead atoms. The van der Waals surface area contributed by atoms with E-state index in [2.05, 4.69) is 20.6 Å². The molecule has 0 fully saturated rings. The van der Waals surface area contributed by atoms with E-state index in [0.29, 0.717) is 29.4 Å². The summed E-state index contributed by atoms with van der Waals surface area (Å²) in [7, 11) is 3.02. The zero-order chi connectivity index (χ0) is 18.7. The van der Waals surface area contributed by atoms with Gasteiger partial charge >= 0.3 is 0 Å². The lowest BCUT2D eigenvalue weighted by Crippen LogP contribution is -2.28. The predicted octanol–water partition coefficient (Wildman–Crippen LogP) is 0.664. The minimum Gasteiger partial charge on any atom is -0.497 e. The van der Waals surface area contributed by atoms with E-state index < -0.39 is 11.5 Å². The molecule has 0 spiro atoms. The highest BCUT2D eigenvalue weighted by Gasteiger charge is 2.14. The van der Waals surface area contributed by atoms with Crippen LogP contribution in [0.3, 0.4) is 0 Å². The fraction of sp³-hybridized carbons (Fsp3) is 0.312. The van der Waals surface area contributed by atoms with Gasteiger partial charge in [0, 0.05) is 12.6 Å². The number of benzene rings is 1. The number of amides is 1. The number of aryl methyl sites for hydroxylation is 1. The molecule has 3 rings (SSSR count). The van der Waals surface area contributed by atoms with E-state index in [4.69, 9.17) is 9.47 Å². The number of rotatable bonds is 6. The minimum atomic E-state index is -0.428. The van der Waals surface area contributed by atoms with E-state index in [1.165, 1.54) is 29.8 Å². The Hall–Kier alpha value is -3.43. The Morgan fingerprint density at radius 2 is 2.08 bits per heavy atom. The fourth-order valence-corrected chi connectivity index (χ4v) is 2.47. The van der Waals surface area contributed by atoms with Crippen LogP contribution in [-0.4, -0.2) is 44.7 Å². The first-order chi connectivity index (χ1) is 12.6. The van der Waals surface area contributed by atoms with Crippen molar-refractivity contribution in [3.05, 3.63) is 34.9 Å². The van der Waals surface area contributed by atoms with Crippen LogP contribution in [0, 0.1) is 0 Å². The summed E-state index contributed by atoms with van der Waals surface area (Å²) in [6, 6.07) is 5.03. The summed E-state index contributed by atoms with van der Waals surface area (Å²) in [6.45, 7) is 2.19. The highest BCUT2D eigenvalue weighted by atomic mass is 16.5. The van der Waals surface area contributed by atoms with E-state index >= 15 is 0 Å². The minimum absolute atomic E-state index is 0.126. The molecule has 0 atom stereocenters. The monoisotopic (exact) mass is 358 g/mol. The van der Waals surface area contributed by atoms with Gasteiger partial charge in [0.2, 0.25) is 5.91 Å². The lowest BCUT2D eigenvalue weighted by molar-refractivity contribution is -0.116. The van der Waals surface area contributed by atoms with Crippen molar-refractivity contribution in [1.82, 2.24) is 24.5 Å². The standard InChI is InChI=1S/C16H18N6O4/c1-4-22-15-14(19-20-22)16(24)21(9-17-15)8-13(23)18-11-7-10(25-2)5-6-12(11)26-3/h5-7,9H,4,8H2,1-3H3,(H,18,23). The number of anilines is 1. The number of ether oxygens (including phenoxy) is 2. The Kier molecular flexibility index (Phi) is 4.83. The lowest BCUT2D eigenvalue weighted by atomic mass is 10.2. The second-order valence-electron chi connectivity index (χ2n) is 5.37. The highest BCUT2D eigenvalue weighted by Crippen LogP contribution is 2.28. The fourth-order valence-electron chi connectivity index (χ4n) is 2.47. The smallest absolute Gasteiger partial charge is 0.283 e. The third kappa shape index (κ3) is 3.21. The maximum atomic E-state index is 12.5. The van der Waals surface area contributed by atoms with Crippen molar-refractivity contribution < 1.29 is 14.3 Å². The van der Waals surface area contributed by atoms with Gasteiger partial charge in [-0.25, -0.2) is 9.67 Å². The van der Waals surface area contributed by atoms with Crippen LogP contribution in [0.15, 0.2) is 29.3 Å². The number of hydrogen-bond donors (Lipinski definition) is 1. The van der Waals surface area contributed by atoms with Crippen molar-refractivity contribution in [1.29, 1.82) is 0 Å². The first kappa shape index (κ1) is 17.4. The van der Waals surface area contributed by atoms with E-state index in [-0.39, 0.29) is 12.1 Å². The van der Waals surface area contributed by atoms with Crippen molar-refractivity contribution in [3.8, 4) is 11.5 Å². The predicted molar refractivity (Wildman–Crippen MR) is 93.4 cm³/mol. The number of nitrogens with zero attached hydrogens (tertiary/aromatic N) is 5. The molecule has 0 saturated heterocycles. The molecule has 0 radical (unpaired) electrons. The quantitative estimate of drug-likeness (QED) is 0.689. The average Bonchev–Trinajstić information content (AvgIpc) is 3.07. The SMILES string of the molecule is CCn1nnc2c(=O)n(CC(=O)Nc3cc(OC)ccc3OC)cnc21. The zero-order valence-corrected chi connectivity index (χ0v) is 14.6. The van der Waals surface area contributed by atoms with Gasteiger partial charge in [0.15, 0.2) is 11.2 Å². The maximum Gasteiger partial charge on any atom is 0.283 e. The van der Waals surface area contributed by atoms with Crippen LogP contribution in [0.5, 0.6) is 11.5 Å². The van der Waals surface area contributed by atoms with E-state index in [9.17, 15) is 9.59 Å². The molecule has 10 heteroatoms. The van der Waals surface area contributed by atoms with Crippen LogP contribution >= 0.6 is 0 Å². The molecule has 1 N–H and O–H groups in total. The van der Waals surface area contributed by atoms with E-state index in [1.54, 1.807) is 18.2 Å². The number of nitrogens with one attached hydrogen (secondary N) is 1. The van der Waals surface area contributed by atoms with Gasteiger partial charge in [0.1, 0.15) is 24.4 Å². The Bertz CT molecular complexity index is 1010. The van der Waals surface area contributed by atoms with Gasteiger partial charge in [-0.2, -0.15) is 0 Å². The number of hydrogen-bond acceptors (Lipinski definition) is 7. The van der Waals surface area contributed by atoms with Gasteiger partial charge in [-0.3, -0.25) is 14.2 Å². The normalized spacial score (nSPS) is 10.7. The second-order valence-corrected chi connectivity index (χ2v) is 5.37. The van der Waals surface area contributed by atoms with Crippen molar-refractivity contribution in [3.63, 3.8) is 0 Å². The molecule has 0 saturated carbocycles. The first-order valence-electron chi connectivity index (χ1n) is 7.87. The van der Waals surface area contributed by atoms with Crippen molar-refractivity contribution >= 4 is 22.8 Å². The summed E-state index contributed by atoms with van der Waals surface area (Å²) < 4.78 is 13.1. The molecule has 2 aromatic heterocycles. The Morgan fingerprint density at radius 3 is 2.77 bits per heavy atom. The molecule has 26 heavy (non-hydrogen) atoms. The third-order valence-corrected chi connectivity index (χ3v) is 3.79. The van der Waals surface area contributed by atoms with Gasteiger partial charge in [0.25, 0.3) is 5.56 Å². The van der Waals surface area contributed by atoms with Crippen molar-refractivity contribution in [2.75, 3.05) is 19.5 Å². The van der Waals surface area contributed by atoms with Gasteiger partial charge in [-0.15, -0.1) is 5.10 Å². The average molecular weight is 358 g/mol. The van der Waals surface area contributed by atoms with Gasteiger partial charge in [0.05, 0.1) is 19.9 Å². The lowest BCUT2D eigenvalue weighted by Gasteiger charge is -2.12. The molecular weight excluding hydrogens is 340 g/mol. The Morgan fingerprint density at radius 1 is 1.27 bits per heavy atom. The second kappa shape index (κ2) is 7.21. The van der Waals surface area contributed by atoms with E-state index in [1.807, 2.05) is 6.92 Å². The number of carbonyl (C=O) groups excluding carboxylic acids is 1. The summed E-state index contributed by atoms with van der Waals surface area (Å²) >= 11 is 0. The maximum absolute atomic E-state index is 12.5. The molecule has 3 aromatic rings. The molecule has 2 heterocycles. The van der Waals surface area contributed by atoms with Crippen LogP contribution in [-0.2, 0) is 17.9 Å². The number of carbonyl (C=O) groups is 1. The summed E-state index contributed by atoms with van der Waals surface area (Å²) in [5.74, 6) is 0.631. The zero-order valence-electron chi connectivity index (χ0n) is 14.6. The third-order valence-electron chi connectivity index (χ3n) is 3.79. The molecule has 10 nitrogen and oxygen atoms in total. The summed E-state index contributed by atoms with van der Waals surface area (Å²) in [4.78, 5) is 29.0. The molecule has 0 aliphatic heterocycles. The van der Waals surface area contributed by atoms with Crippen LogP contribution in [0.25, 0.3) is 11.2 Å². The number of methoxy groups -OCH3 is 2. The van der Waals surface area contributed by atoms with Gasteiger partial charge < -0.3 is 14.8 Å². The Balaban J connectivity index is 1.84. The Labute approximate surface area is 148 Å². The molecule has 136 valence electrons. The summed E-state index contributed by atoms with van der Waals surface area (Å²) in [6.07, 6.45) is 1.31. The molecule has 1 amide bonds. The van der Waals surface area contributed by atoms with Gasteiger partial charge in [-0.1, -0.05) is 5.21 Å². The molecule has 1 aromatic carbocycles. The van der Waals surface area contributed by atoms with Crippen LogP contribution in [0.1, 0.15) is 6.92 Å². The molecule has 0 unspecified atom stereocenters. The summed E-state index contributed by atoms with van der Waals surface area (Å²) in [5, 5.41) is 10.4. The van der Waals surface area contributed by atoms with Crippen molar-refractivity contribution in [2.24, 2.45) is 0 Å². The van der Waals surface area contributed by atoms with E-state index in [0.717, 1.165) is 0 Å². The molecular formula is C16H18N6O4. The van der Waals surface area contributed by atoms with Crippen molar-refractivity contribution in [2.45, 2.75) is 20.0 Å². The topological polar surface area (TPSA) is 113 Å². The molecule has 0 aliphatic carbocycles. The highest BCUT2D eigenvalue weighted by molar-refractivity contribution is 5.92. The first-order valence-corrected chi connectivity index (χ1v) is 7.87. The number of fused-ring (bicyclic) bond motifs is 1. The van der Waals surface area contributed by atoms with Crippen LogP contribution in [0.4, 0.5) is 5.69 Å². The van der Waals surface area contributed by atoms with Gasteiger partial charge in [-0.05, 0) is 19.1 Å².